The largest absolute Gasteiger partial charge is 0.497 e. The number of rotatable bonds is 6. The van der Waals surface area contributed by atoms with Crippen molar-refractivity contribution >= 4 is 23.2 Å². The quantitative estimate of drug-likeness (QED) is 0.827. The van der Waals surface area contributed by atoms with E-state index in [4.69, 9.17) is 9.84 Å². The zero-order valence-electron chi connectivity index (χ0n) is 13.9. The summed E-state index contributed by atoms with van der Waals surface area (Å²) < 4.78 is 5.28. The number of carbonyl (C=O) groups excluding carboxylic acids is 1. The van der Waals surface area contributed by atoms with Crippen molar-refractivity contribution in [2.75, 3.05) is 7.11 Å². The highest BCUT2D eigenvalue weighted by Gasteiger charge is 2.23. The minimum atomic E-state index is -1.05. The first kappa shape index (κ1) is 17.4. The van der Waals surface area contributed by atoms with Gasteiger partial charge in [0.15, 0.2) is 5.69 Å². The number of aromatic nitrogens is 1. The second-order valence-electron chi connectivity index (χ2n) is 6.07. The maximum absolute atomic E-state index is 12.3. The number of hydrogen-bond donors (Lipinski definition) is 2. The molecule has 2 N–H and O–H groups in total. The summed E-state index contributed by atoms with van der Waals surface area (Å²) in [7, 11) is 1.66. The van der Waals surface area contributed by atoms with Crippen molar-refractivity contribution in [1.29, 1.82) is 0 Å². The Morgan fingerprint density at radius 2 is 2.28 bits per heavy atom. The summed E-state index contributed by atoms with van der Waals surface area (Å²) in [6.07, 6.45) is 3.50. The number of fused-ring (bicyclic) bond motifs is 1. The lowest BCUT2D eigenvalue weighted by Gasteiger charge is -2.25. The number of hydrogen-bond acceptors (Lipinski definition) is 5. The van der Waals surface area contributed by atoms with Crippen LogP contribution < -0.4 is 10.1 Å². The van der Waals surface area contributed by atoms with Gasteiger partial charge in [0, 0.05) is 11.8 Å². The monoisotopic (exact) mass is 360 g/mol. The minimum Gasteiger partial charge on any atom is -0.497 e. The molecule has 3 rings (SSSR count). The Morgan fingerprint density at radius 1 is 1.44 bits per heavy atom. The van der Waals surface area contributed by atoms with Crippen LogP contribution in [0.25, 0.3) is 0 Å². The molecule has 7 heteroatoms. The number of aromatic carboxylic acids is 1. The standard InChI is InChI=1S/C18H20N2O4S/c1-24-13-5-6-14-11(7-13)3-2-4-12(14)8-16(21)19-9-17-20-15(10-25-17)18(22)23/h5-7,10,12H,2-4,8-9H2,1H3,(H,19,21)(H,22,23)/t12-/m0/s1. The Bertz CT molecular complexity index is 787. The fraction of sp³-hybridized carbons (Fsp3) is 0.389. The Balaban J connectivity index is 1.59. The molecule has 1 heterocycles. The number of carboxylic acid groups (broad SMARTS) is 1. The van der Waals surface area contributed by atoms with Crippen molar-refractivity contribution in [3.8, 4) is 5.75 Å². The van der Waals surface area contributed by atoms with E-state index in [0.717, 1.165) is 25.0 Å². The number of ether oxygens (including phenoxy) is 1. The number of carbonyl (C=O) groups is 2. The first-order valence-corrected chi connectivity index (χ1v) is 9.06. The van der Waals surface area contributed by atoms with Gasteiger partial charge in [-0.1, -0.05) is 6.07 Å². The van der Waals surface area contributed by atoms with E-state index in [0.29, 0.717) is 11.4 Å². The van der Waals surface area contributed by atoms with Crippen molar-refractivity contribution in [1.82, 2.24) is 10.3 Å². The van der Waals surface area contributed by atoms with Crippen LogP contribution >= 0.6 is 11.3 Å². The van der Waals surface area contributed by atoms with Crippen molar-refractivity contribution in [2.45, 2.75) is 38.1 Å². The molecule has 0 saturated heterocycles. The minimum absolute atomic E-state index is 0.0180. The van der Waals surface area contributed by atoms with Gasteiger partial charge in [-0.25, -0.2) is 9.78 Å². The lowest BCUT2D eigenvalue weighted by atomic mass is 9.81. The second-order valence-corrected chi connectivity index (χ2v) is 7.01. The molecule has 1 aromatic heterocycles. The van der Waals surface area contributed by atoms with E-state index in [-0.39, 0.29) is 24.1 Å². The topological polar surface area (TPSA) is 88.5 Å². The molecule has 1 aliphatic carbocycles. The smallest absolute Gasteiger partial charge is 0.355 e. The van der Waals surface area contributed by atoms with Crippen LogP contribution in [-0.4, -0.2) is 29.1 Å². The highest BCUT2D eigenvalue weighted by atomic mass is 32.1. The zero-order chi connectivity index (χ0) is 17.8. The van der Waals surface area contributed by atoms with Gasteiger partial charge < -0.3 is 15.2 Å². The van der Waals surface area contributed by atoms with Crippen LogP contribution in [0.2, 0.25) is 0 Å². The van der Waals surface area contributed by atoms with E-state index >= 15 is 0 Å². The predicted molar refractivity (Wildman–Crippen MR) is 94.2 cm³/mol. The summed E-state index contributed by atoms with van der Waals surface area (Å²) in [5, 5.41) is 13.8. The van der Waals surface area contributed by atoms with Gasteiger partial charge in [0.05, 0.1) is 13.7 Å². The molecule has 1 aromatic carbocycles. The SMILES string of the molecule is COc1ccc2c(c1)CCC[C@H]2CC(=O)NCc1nc(C(=O)O)cs1. The maximum Gasteiger partial charge on any atom is 0.355 e. The molecule has 0 saturated carbocycles. The van der Waals surface area contributed by atoms with Crippen LogP contribution in [-0.2, 0) is 17.8 Å². The molecule has 0 aliphatic heterocycles. The molecule has 132 valence electrons. The van der Waals surface area contributed by atoms with Crippen LogP contribution in [0, 0.1) is 0 Å². The number of amides is 1. The van der Waals surface area contributed by atoms with Crippen molar-refractivity contribution in [3.05, 3.63) is 45.4 Å². The average Bonchev–Trinajstić information content (AvgIpc) is 3.09. The number of thiazole rings is 1. The van der Waals surface area contributed by atoms with E-state index in [9.17, 15) is 9.59 Å². The van der Waals surface area contributed by atoms with Crippen LogP contribution in [0.3, 0.4) is 0 Å². The van der Waals surface area contributed by atoms with Gasteiger partial charge in [-0.15, -0.1) is 11.3 Å². The van der Waals surface area contributed by atoms with Gasteiger partial charge in [0.2, 0.25) is 5.91 Å². The van der Waals surface area contributed by atoms with E-state index < -0.39 is 5.97 Å². The molecule has 0 bridgehead atoms. The lowest BCUT2D eigenvalue weighted by molar-refractivity contribution is -0.121. The van der Waals surface area contributed by atoms with E-state index in [2.05, 4.69) is 22.4 Å². The number of nitrogens with one attached hydrogen (secondary N) is 1. The molecular weight excluding hydrogens is 340 g/mol. The molecule has 0 spiro atoms. The summed E-state index contributed by atoms with van der Waals surface area (Å²) in [5.41, 5.74) is 2.50. The summed E-state index contributed by atoms with van der Waals surface area (Å²) in [4.78, 5) is 27.1. The van der Waals surface area contributed by atoms with Crippen molar-refractivity contribution < 1.29 is 19.4 Å². The van der Waals surface area contributed by atoms with Crippen LogP contribution in [0.4, 0.5) is 0 Å². The van der Waals surface area contributed by atoms with Gasteiger partial charge in [-0.2, -0.15) is 0 Å². The Kier molecular flexibility index (Phi) is 5.33. The van der Waals surface area contributed by atoms with Crippen LogP contribution in [0.15, 0.2) is 23.6 Å². The average molecular weight is 360 g/mol. The van der Waals surface area contributed by atoms with Crippen molar-refractivity contribution in [2.24, 2.45) is 0 Å². The number of benzene rings is 1. The molecule has 1 atom stereocenters. The predicted octanol–water partition coefficient (Wildman–Crippen LogP) is 2.98. The maximum atomic E-state index is 12.3. The molecule has 0 radical (unpaired) electrons. The Hall–Kier alpha value is -2.41. The number of carboxylic acids is 1. The first-order chi connectivity index (χ1) is 12.1. The van der Waals surface area contributed by atoms with Gasteiger partial charge >= 0.3 is 5.97 Å². The molecule has 0 unspecified atom stereocenters. The number of nitrogens with zero attached hydrogens (tertiary/aromatic N) is 1. The van der Waals surface area contributed by atoms with Gasteiger partial charge in [0.25, 0.3) is 0 Å². The van der Waals surface area contributed by atoms with Gasteiger partial charge in [-0.3, -0.25) is 4.79 Å². The van der Waals surface area contributed by atoms with E-state index in [1.54, 1.807) is 7.11 Å². The van der Waals surface area contributed by atoms with E-state index in [1.807, 2.05) is 6.07 Å². The molecule has 25 heavy (non-hydrogen) atoms. The molecular formula is C18H20N2O4S. The first-order valence-electron chi connectivity index (χ1n) is 8.18. The summed E-state index contributed by atoms with van der Waals surface area (Å²) in [6.45, 7) is 0.263. The normalized spacial score (nSPS) is 16.1. The van der Waals surface area contributed by atoms with Crippen LogP contribution in [0.1, 0.15) is 51.8 Å². The molecule has 2 aromatic rings. The third-order valence-corrected chi connectivity index (χ3v) is 5.28. The lowest BCUT2D eigenvalue weighted by Crippen LogP contribution is -2.25. The Labute approximate surface area is 149 Å². The molecule has 1 amide bonds. The summed E-state index contributed by atoms with van der Waals surface area (Å²) in [5.74, 6) is -0.0359. The third kappa shape index (κ3) is 4.17. The fourth-order valence-corrected chi connectivity index (χ4v) is 3.90. The Morgan fingerprint density at radius 3 is 3.00 bits per heavy atom. The van der Waals surface area contributed by atoms with Gasteiger partial charge in [0.1, 0.15) is 10.8 Å². The molecule has 1 aliphatic rings. The van der Waals surface area contributed by atoms with Gasteiger partial charge in [-0.05, 0) is 48.4 Å². The van der Waals surface area contributed by atoms with E-state index in [1.165, 1.54) is 27.8 Å². The summed E-state index contributed by atoms with van der Waals surface area (Å²) in [6, 6.07) is 6.06. The van der Waals surface area contributed by atoms with Crippen LogP contribution in [0.5, 0.6) is 5.75 Å². The molecule has 6 nitrogen and oxygen atoms in total. The number of aryl methyl sites for hydroxylation is 1. The molecule has 0 fully saturated rings. The highest BCUT2D eigenvalue weighted by molar-refractivity contribution is 7.09. The fourth-order valence-electron chi connectivity index (χ4n) is 3.19. The zero-order valence-corrected chi connectivity index (χ0v) is 14.8. The highest BCUT2D eigenvalue weighted by Crippen LogP contribution is 2.35. The van der Waals surface area contributed by atoms with Crippen molar-refractivity contribution in [3.63, 3.8) is 0 Å². The summed E-state index contributed by atoms with van der Waals surface area (Å²) >= 11 is 1.24. The number of methoxy groups -OCH3 is 1. The second kappa shape index (κ2) is 7.65. The third-order valence-electron chi connectivity index (χ3n) is 4.43.